The monoisotopic (exact) mass is 539 g/mol. The van der Waals surface area contributed by atoms with Crippen molar-refractivity contribution >= 4 is 29.4 Å². The number of aliphatic imine (C=N–C) groups is 1. The number of alkyl halides is 3. The Bertz CT molecular complexity index is 1360. The molecule has 13 heteroatoms. The van der Waals surface area contributed by atoms with Crippen molar-refractivity contribution in [2.24, 2.45) is 10.7 Å². The molecule has 1 aliphatic rings. The van der Waals surface area contributed by atoms with E-state index in [9.17, 15) is 27.6 Å². The molecule has 202 valence electrons. The van der Waals surface area contributed by atoms with Gasteiger partial charge in [0.25, 0.3) is 5.91 Å². The minimum atomic E-state index is -4.50. The van der Waals surface area contributed by atoms with E-state index in [1.807, 2.05) is 6.07 Å². The van der Waals surface area contributed by atoms with E-state index in [2.05, 4.69) is 31.2 Å². The number of hydrogen-bond acceptors (Lipinski definition) is 6. The van der Waals surface area contributed by atoms with Gasteiger partial charge < -0.3 is 27.0 Å². The first-order valence-corrected chi connectivity index (χ1v) is 11.7. The molecular formula is C26H24F3N7O3. The van der Waals surface area contributed by atoms with Gasteiger partial charge in [-0.25, -0.2) is 9.79 Å². The summed E-state index contributed by atoms with van der Waals surface area (Å²) in [5.74, 6) is -0.639. The van der Waals surface area contributed by atoms with E-state index >= 15 is 0 Å². The molecule has 2 atom stereocenters. The van der Waals surface area contributed by atoms with Gasteiger partial charge in [-0.05, 0) is 54.1 Å². The van der Waals surface area contributed by atoms with E-state index in [0.29, 0.717) is 11.4 Å². The molecule has 0 saturated carbocycles. The number of amides is 4. The Hall–Kier alpha value is -4.94. The van der Waals surface area contributed by atoms with E-state index in [0.717, 1.165) is 35.5 Å². The number of anilines is 1. The topological polar surface area (TPSA) is 151 Å². The number of pyridine rings is 1. The van der Waals surface area contributed by atoms with Crippen molar-refractivity contribution < 1.29 is 27.6 Å². The maximum absolute atomic E-state index is 12.7. The normalized spacial score (nSPS) is 16.5. The fourth-order valence-electron chi connectivity index (χ4n) is 3.76. The minimum Gasteiger partial charge on any atom is -0.368 e. The summed E-state index contributed by atoms with van der Waals surface area (Å²) in [6.07, 6.45) is -3.63. The van der Waals surface area contributed by atoms with E-state index in [-0.39, 0.29) is 24.6 Å². The first kappa shape index (κ1) is 27.1. The summed E-state index contributed by atoms with van der Waals surface area (Å²) in [4.78, 5) is 45.2. The van der Waals surface area contributed by atoms with Crippen molar-refractivity contribution in [3.05, 3.63) is 95.3 Å². The van der Waals surface area contributed by atoms with Crippen LogP contribution in [0.3, 0.4) is 0 Å². The third kappa shape index (κ3) is 7.31. The fraction of sp³-hybridized carbons (Fsp3) is 0.192. The number of benzene rings is 2. The largest absolute Gasteiger partial charge is 0.416 e. The average Bonchev–Trinajstić information content (AvgIpc) is 3.30. The lowest BCUT2D eigenvalue weighted by Crippen LogP contribution is -2.52. The van der Waals surface area contributed by atoms with Crippen molar-refractivity contribution in [1.29, 1.82) is 0 Å². The van der Waals surface area contributed by atoms with Crippen LogP contribution in [0.15, 0.2) is 77.9 Å². The summed E-state index contributed by atoms with van der Waals surface area (Å²) in [5.41, 5.74) is 6.68. The quantitative estimate of drug-likeness (QED) is 0.298. The van der Waals surface area contributed by atoms with Crippen LogP contribution in [-0.2, 0) is 23.9 Å². The molecule has 1 aliphatic heterocycles. The molecule has 0 saturated heterocycles. The SMILES string of the molecule is NC(=O)C1NC(Cc2ccc(C(=O)NCc3ccccn3)cc2)=NC1NC(=O)Nc1ccc(C(F)(F)F)cc1. The third-order valence-electron chi connectivity index (χ3n) is 5.73. The number of nitrogens with one attached hydrogen (secondary N) is 4. The third-order valence-corrected chi connectivity index (χ3v) is 5.73. The second kappa shape index (κ2) is 11.6. The predicted octanol–water partition coefficient (Wildman–Crippen LogP) is 2.58. The van der Waals surface area contributed by atoms with Gasteiger partial charge in [-0.15, -0.1) is 0 Å². The smallest absolute Gasteiger partial charge is 0.368 e. The molecule has 39 heavy (non-hydrogen) atoms. The van der Waals surface area contributed by atoms with Crippen LogP contribution in [0.5, 0.6) is 0 Å². The van der Waals surface area contributed by atoms with Crippen LogP contribution >= 0.6 is 0 Å². The minimum absolute atomic E-state index is 0.121. The molecule has 0 radical (unpaired) electrons. The number of primary amides is 1. The molecule has 0 fully saturated rings. The zero-order valence-electron chi connectivity index (χ0n) is 20.3. The second-order valence-corrected chi connectivity index (χ2v) is 8.60. The van der Waals surface area contributed by atoms with Gasteiger partial charge in [0.2, 0.25) is 5.91 Å². The molecule has 6 N–H and O–H groups in total. The number of urea groups is 1. The lowest BCUT2D eigenvalue weighted by Gasteiger charge is -2.17. The Morgan fingerprint density at radius 1 is 0.974 bits per heavy atom. The Balaban J connectivity index is 1.34. The van der Waals surface area contributed by atoms with Gasteiger partial charge in [-0.3, -0.25) is 14.6 Å². The number of carbonyl (C=O) groups excluding carboxylic acids is 3. The summed E-state index contributed by atoms with van der Waals surface area (Å²) < 4.78 is 38.2. The molecular weight excluding hydrogens is 515 g/mol. The lowest BCUT2D eigenvalue weighted by molar-refractivity contribution is -0.137. The lowest BCUT2D eigenvalue weighted by atomic mass is 10.1. The van der Waals surface area contributed by atoms with Gasteiger partial charge >= 0.3 is 12.2 Å². The fourth-order valence-corrected chi connectivity index (χ4v) is 3.76. The van der Waals surface area contributed by atoms with Crippen LogP contribution in [-0.4, -0.2) is 40.9 Å². The van der Waals surface area contributed by atoms with Crippen LogP contribution in [0.2, 0.25) is 0 Å². The van der Waals surface area contributed by atoms with E-state index < -0.39 is 35.9 Å². The van der Waals surface area contributed by atoms with Crippen molar-refractivity contribution in [1.82, 2.24) is 20.9 Å². The molecule has 3 aromatic rings. The van der Waals surface area contributed by atoms with Crippen molar-refractivity contribution in [2.45, 2.75) is 31.3 Å². The van der Waals surface area contributed by atoms with Gasteiger partial charge in [0.05, 0.1) is 17.8 Å². The maximum Gasteiger partial charge on any atom is 0.416 e. The number of amidine groups is 1. The molecule has 2 unspecified atom stereocenters. The van der Waals surface area contributed by atoms with Crippen molar-refractivity contribution in [3.8, 4) is 0 Å². The van der Waals surface area contributed by atoms with Crippen LogP contribution in [0.1, 0.15) is 27.2 Å². The first-order chi connectivity index (χ1) is 18.6. The molecule has 4 amide bonds. The van der Waals surface area contributed by atoms with Crippen LogP contribution < -0.4 is 27.0 Å². The van der Waals surface area contributed by atoms with E-state index in [4.69, 9.17) is 5.73 Å². The highest BCUT2D eigenvalue weighted by atomic mass is 19.4. The first-order valence-electron chi connectivity index (χ1n) is 11.7. The number of rotatable bonds is 8. The van der Waals surface area contributed by atoms with Gasteiger partial charge in [-0.1, -0.05) is 18.2 Å². The van der Waals surface area contributed by atoms with Crippen molar-refractivity contribution in [3.63, 3.8) is 0 Å². The predicted molar refractivity (Wildman–Crippen MR) is 136 cm³/mol. The zero-order chi connectivity index (χ0) is 28.0. The number of aromatic nitrogens is 1. The summed E-state index contributed by atoms with van der Waals surface area (Å²) in [6.45, 7) is 0.289. The molecule has 0 bridgehead atoms. The standard InChI is InChI=1S/C26H24F3N7O3/c27-26(28,29)17-8-10-18(11-9-17)33-25(39)36-23-21(22(30)37)34-20(35-23)13-15-4-6-16(7-5-15)24(38)32-14-19-3-1-2-12-31-19/h1-12,21,23H,13-14H2,(H2,30,37)(H,32,38)(H,34,35)(H2,33,36,39). The van der Waals surface area contributed by atoms with E-state index in [1.165, 1.54) is 0 Å². The zero-order valence-corrected chi connectivity index (χ0v) is 20.3. The number of halogens is 3. The Morgan fingerprint density at radius 2 is 1.69 bits per heavy atom. The number of nitrogens with two attached hydrogens (primary N) is 1. The summed E-state index contributed by atoms with van der Waals surface area (Å²) >= 11 is 0. The summed E-state index contributed by atoms with van der Waals surface area (Å²) in [7, 11) is 0. The van der Waals surface area contributed by atoms with Crippen LogP contribution in [0, 0.1) is 0 Å². The molecule has 4 rings (SSSR count). The van der Waals surface area contributed by atoms with Gasteiger partial charge in [0.1, 0.15) is 11.9 Å². The average molecular weight is 540 g/mol. The summed E-state index contributed by atoms with van der Waals surface area (Å²) in [5, 5.41) is 10.6. The second-order valence-electron chi connectivity index (χ2n) is 8.60. The van der Waals surface area contributed by atoms with Crippen LogP contribution in [0.25, 0.3) is 0 Å². The van der Waals surface area contributed by atoms with Gasteiger partial charge in [0, 0.05) is 23.9 Å². The maximum atomic E-state index is 12.7. The molecule has 2 heterocycles. The molecule has 1 aromatic heterocycles. The van der Waals surface area contributed by atoms with Crippen LogP contribution in [0.4, 0.5) is 23.7 Å². The van der Waals surface area contributed by atoms with E-state index in [1.54, 1.807) is 42.6 Å². The molecule has 0 spiro atoms. The molecule has 2 aromatic carbocycles. The van der Waals surface area contributed by atoms with Crippen molar-refractivity contribution in [2.75, 3.05) is 5.32 Å². The number of carbonyl (C=O) groups is 3. The summed E-state index contributed by atoms with van der Waals surface area (Å²) in [6, 6.07) is 14.3. The number of nitrogens with zero attached hydrogens (tertiary/aromatic N) is 2. The Kier molecular flexibility index (Phi) is 8.08. The number of hydrogen-bond donors (Lipinski definition) is 5. The molecule has 10 nitrogen and oxygen atoms in total. The Labute approximate surface area is 220 Å². The van der Waals surface area contributed by atoms with Gasteiger partial charge in [-0.2, -0.15) is 13.2 Å². The van der Waals surface area contributed by atoms with Gasteiger partial charge in [0.15, 0.2) is 6.17 Å². The highest BCUT2D eigenvalue weighted by Gasteiger charge is 2.34. The highest BCUT2D eigenvalue weighted by Crippen LogP contribution is 2.29. The molecule has 0 aliphatic carbocycles. The highest BCUT2D eigenvalue weighted by molar-refractivity contribution is 5.96. The Morgan fingerprint density at radius 3 is 2.31 bits per heavy atom.